The van der Waals surface area contributed by atoms with Crippen molar-refractivity contribution < 1.29 is 14.6 Å². The van der Waals surface area contributed by atoms with Crippen molar-refractivity contribution in [2.75, 3.05) is 13.1 Å². The summed E-state index contributed by atoms with van der Waals surface area (Å²) in [5.41, 5.74) is -0.507. The van der Waals surface area contributed by atoms with Crippen LogP contribution in [-0.2, 0) is 4.74 Å². The minimum Gasteiger partial charge on any atom is -0.444 e. The Hall–Kier alpha value is -0.770. The van der Waals surface area contributed by atoms with Gasteiger partial charge in [0.1, 0.15) is 5.60 Å². The first-order chi connectivity index (χ1) is 8.32. The van der Waals surface area contributed by atoms with Crippen molar-refractivity contribution >= 4 is 6.09 Å². The molecule has 0 aromatic carbocycles. The van der Waals surface area contributed by atoms with Crippen molar-refractivity contribution in [2.24, 2.45) is 5.41 Å². The minimum atomic E-state index is -0.446. The van der Waals surface area contributed by atoms with Crippen LogP contribution in [0.3, 0.4) is 0 Å². The summed E-state index contributed by atoms with van der Waals surface area (Å²) in [7, 11) is 0. The number of hydrogen-bond acceptors (Lipinski definition) is 3. The summed E-state index contributed by atoms with van der Waals surface area (Å²) in [5.74, 6) is 0. The molecule has 1 amide bonds. The second-order valence-electron chi connectivity index (χ2n) is 6.78. The average molecular weight is 255 g/mol. The smallest absolute Gasteiger partial charge is 0.410 e. The highest BCUT2D eigenvalue weighted by atomic mass is 16.6. The lowest BCUT2D eigenvalue weighted by Gasteiger charge is -2.38. The Morgan fingerprint density at radius 1 is 1.33 bits per heavy atom. The molecule has 0 radical (unpaired) electrons. The van der Waals surface area contributed by atoms with Crippen molar-refractivity contribution in [3.63, 3.8) is 0 Å². The van der Waals surface area contributed by atoms with E-state index in [-0.39, 0.29) is 17.6 Å². The highest BCUT2D eigenvalue weighted by Gasteiger charge is 2.46. The Bertz CT molecular complexity index is 323. The first-order valence-electron chi connectivity index (χ1n) is 6.98. The molecule has 104 valence electrons. The Labute approximate surface area is 109 Å². The molecular formula is C14H25NO3. The second kappa shape index (κ2) is 4.72. The van der Waals surface area contributed by atoms with Crippen LogP contribution < -0.4 is 0 Å². The van der Waals surface area contributed by atoms with E-state index in [4.69, 9.17) is 4.74 Å². The predicted molar refractivity (Wildman–Crippen MR) is 69.3 cm³/mol. The summed E-state index contributed by atoms with van der Waals surface area (Å²) in [6.45, 7) is 7.01. The van der Waals surface area contributed by atoms with Crippen molar-refractivity contribution in [3.05, 3.63) is 0 Å². The van der Waals surface area contributed by atoms with E-state index in [0.29, 0.717) is 13.1 Å². The summed E-state index contributed by atoms with van der Waals surface area (Å²) in [6, 6.07) is 0. The SMILES string of the molecule is CC(C)(C)OC(=O)N1CCC2(CCCCC2O)C1. The maximum absolute atomic E-state index is 12.0. The van der Waals surface area contributed by atoms with Crippen LogP contribution in [0.4, 0.5) is 4.79 Å². The van der Waals surface area contributed by atoms with Gasteiger partial charge in [0.05, 0.1) is 6.10 Å². The summed E-state index contributed by atoms with van der Waals surface area (Å²) in [4.78, 5) is 13.8. The van der Waals surface area contributed by atoms with Crippen molar-refractivity contribution in [1.82, 2.24) is 4.90 Å². The Morgan fingerprint density at radius 3 is 2.67 bits per heavy atom. The molecule has 1 heterocycles. The molecule has 2 rings (SSSR count). The van der Waals surface area contributed by atoms with Crippen LogP contribution in [0.1, 0.15) is 52.9 Å². The molecule has 1 saturated heterocycles. The van der Waals surface area contributed by atoms with Gasteiger partial charge in [0.25, 0.3) is 0 Å². The molecule has 2 atom stereocenters. The van der Waals surface area contributed by atoms with Crippen LogP contribution in [-0.4, -0.2) is 40.9 Å². The third-order valence-electron chi connectivity index (χ3n) is 4.15. The lowest BCUT2D eigenvalue weighted by Crippen LogP contribution is -2.42. The molecule has 1 aliphatic heterocycles. The van der Waals surface area contributed by atoms with E-state index >= 15 is 0 Å². The zero-order valence-corrected chi connectivity index (χ0v) is 11.7. The molecular weight excluding hydrogens is 230 g/mol. The van der Waals surface area contributed by atoms with Gasteiger partial charge in [-0.25, -0.2) is 4.79 Å². The molecule has 18 heavy (non-hydrogen) atoms. The van der Waals surface area contributed by atoms with Gasteiger partial charge in [-0.15, -0.1) is 0 Å². The van der Waals surface area contributed by atoms with Crippen molar-refractivity contribution in [2.45, 2.75) is 64.6 Å². The van der Waals surface area contributed by atoms with Gasteiger partial charge in [0.2, 0.25) is 0 Å². The third-order valence-corrected chi connectivity index (χ3v) is 4.15. The maximum atomic E-state index is 12.0. The number of hydrogen-bond donors (Lipinski definition) is 1. The highest BCUT2D eigenvalue weighted by molar-refractivity contribution is 5.68. The molecule has 4 nitrogen and oxygen atoms in total. The summed E-state index contributed by atoms with van der Waals surface area (Å²) in [5, 5.41) is 10.2. The van der Waals surface area contributed by atoms with Gasteiger partial charge in [0, 0.05) is 18.5 Å². The zero-order chi connectivity index (χ0) is 13.4. The number of ether oxygens (including phenoxy) is 1. The normalized spacial score (nSPS) is 32.9. The van der Waals surface area contributed by atoms with Crippen LogP contribution >= 0.6 is 0 Å². The Kier molecular flexibility index (Phi) is 3.58. The number of aliphatic hydroxyl groups excluding tert-OH is 1. The average Bonchev–Trinajstić information content (AvgIpc) is 2.66. The molecule has 2 unspecified atom stereocenters. The lowest BCUT2D eigenvalue weighted by atomic mass is 9.71. The van der Waals surface area contributed by atoms with E-state index in [1.165, 1.54) is 6.42 Å². The van der Waals surface area contributed by atoms with E-state index in [1.54, 1.807) is 4.90 Å². The predicted octanol–water partition coefficient (Wildman–Crippen LogP) is 2.55. The largest absolute Gasteiger partial charge is 0.444 e. The fourth-order valence-electron chi connectivity index (χ4n) is 3.14. The highest BCUT2D eigenvalue weighted by Crippen LogP contribution is 2.44. The van der Waals surface area contributed by atoms with E-state index in [2.05, 4.69) is 0 Å². The summed E-state index contributed by atoms with van der Waals surface area (Å²) < 4.78 is 5.40. The van der Waals surface area contributed by atoms with E-state index in [1.807, 2.05) is 20.8 Å². The van der Waals surface area contributed by atoms with Crippen LogP contribution in [0.25, 0.3) is 0 Å². The van der Waals surface area contributed by atoms with Crippen molar-refractivity contribution in [3.8, 4) is 0 Å². The third kappa shape index (κ3) is 2.79. The van der Waals surface area contributed by atoms with Gasteiger partial charge >= 0.3 is 6.09 Å². The number of likely N-dealkylation sites (tertiary alicyclic amines) is 1. The first-order valence-corrected chi connectivity index (χ1v) is 6.98. The van der Waals surface area contributed by atoms with Gasteiger partial charge in [-0.3, -0.25) is 0 Å². The standard InChI is InChI=1S/C14H25NO3/c1-13(2,3)18-12(17)15-9-8-14(10-15)7-5-4-6-11(14)16/h11,16H,4-10H2,1-3H3. The zero-order valence-electron chi connectivity index (χ0n) is 11.7. The summed E-state index contributed by atoms with van der Waals surface area (Å²) >= 11 is 0. The molecule has 0 bridgehead atoms. The van der Waals surface area contributed by atoms with E-state index < -0.39 is 5.60 Å². The lowest BCUT2D eigenvalue weighted by molar-refractivity contribution is -0.0107. The molecule has 1 aliphatic carbocycles. The Morgan fingerprint density at radius 2 is 2.06 bits per heavy atom. The quantitative estimate of drug-likeness (QED) is 0.723. The molecule has 0 aromatic heterocycles. The van der Waals surface area contributed by atoms with Gasteiger partial charge < -0.3 is 14.7 Å². The van der Waals surface area contributed by atoms with Crippen LogP contribution in [0.2, 0.25) is 0 Å². The first kappa shape index (κ1) is 13.7. The van der Waals surface area contributed by atoms with Gasteiger partial charge in [-0.1, -0.05) is 12.8 Å². The van der Waals surface area contributed by atoms with Gasteiger partial charge in [0.15, 0.2) is 0 Å². The summed E-state index contributed by atoms with van der Waals surface area (Å²) in [6.07, 6.45) is 4.60. The van der Waals surface area contributed by atoms with Crippen LogP contribution in [0.5, 0.6) is 0 Å². The Balaban J connectivity index is 1.97. The topological polar surface area (TPSA) is 49.8 Å². The molecule has 1 saturated carbocycles. The number of carbonyl (C=O) groups excluding carboxylic acids is 1. The van der Waals surface area contributed by atoms with E-state index in [0.717, 1.165) is 25.7 Å². The van der Waals surface area contributed by atoms with Gasteiger partial charge in [-0.2, -0.15) is 0 Å². The number of rotatable bonds is 0. The number of carbonyl (C=O) groups is 1. The maximum Gasteiger partial charge on any atom is 0.410 e. The monoisotopic (exact) mass is 255 g/mol. The van der Waals surface area contributed by atoms with Crippen LogP contribution in [0.15, 0.2) is 0 Å². The molecule has 1 spiro atoms. The second-order valence-corrected chi connectivity index (χ2v) is 6.78. The number of amides is 1. The van der Waals surface area contributed by atoms with Crippen LogP contribution in [0, 0.1) is 5.41 Å². The fraction of sp³-hybridized carbons (Fsp3) is 0.929. The molecule has 0 aromatic rings. The fourth-order valence-corrected chi connectivity index (χ4v) is 3.14. The molecule has 2 fully saturated rings. The van der Waals surface area contributed by atoms with Gasteiger partial charge in [-0.05, 0) is 40.0 Å². The minimum absolute atomic E-state index is 0.0604. The number of nitrogens with zero attached hydrogens (tertiary/aromatic N) is 1. The molecule has 1 N–H and O–H groups in total. The molecule has 4 heteroatoms. The van der Waals surface area contributed by atoms with Crippen molar-refractivity contribution in [1.29, 1.82) is 0 Å². The molecule has 2 aliphatic rings. The van der Waals surface area contributed by atoms with E-state index in [9.17, 15) is 9.90 Å². The number of aliphatic hydroxyl groups is 1.